The number of ketones is 3. The summed E-state index contributed by atoms with van der Waals surface area (Å²) in [6.07, 6.45) is 3.69. The van der Waals surface area contributed by atoms with Crippen molar-refractivity contribution in [3.8, 4) is 0 Å². The fourth-order valence-electron chi connectivity index (χ4n) is 6.19. The largest absolute Gasteiger partial charge is 0.457 e. The van der Waals surface area contributed by atoms with Crippen molar-refractivity contribution in [1.82, 2.24) is 0 Å². The zero-order chi connectivity index (χ0) is 22.1. The van der Waals surface area contributed by atoms with Crippen LogP contribution in [-0.4, -0.2) is 41.8 Å². The molecule has 0 bridgehead atoms. The minimum Gasteiger partial charge on any atom is -0.457 e. The Kier molecular flexibility index (Phi) is 4.53. The Morgan fingerprint density at radius 2 is 1.93 bits per heavy atom. The summed E-state index contributed by atoms with van der Waals surface area (Å²) >= 11 is 0. The van der Waals surface area contributed by atoms with E-state index in [1.165, 1.54) is 26.0 Å². The lowest BCUT2D eigenvalue weighted by Crippen LogP contribution is -2.66. The first-order chi connectivity index (χ1) is 13.9. The highest BCUT2D eigenvalue weighted by Crippen LogP contribution is 2.66. The van der Waals surface area contributed by atoms with Crippen LogP contribution in [0.4, 0.5) is 8.78 Å². The molecular formula is C23H24F2O5. The van der Waals surface area contributed by atoms with Gasteiger partial charge in [-0.1, -0.05) is 19.1 Å². The first kappa shape index (κ1) is 20.8. The van der Waals surface area contributed by atoms with Gasteiger partial charge in [0.25, 0.3) is 0 Å². The quantitative estimate of drug-likeness (QED) is 0.658. The zero-order valence-corrected chi connectivity index (χ0v) is 17.2. The van der Waals surface area contributed by atoms with Crippen LogP contribution < -0.4 is 0 Å². The number of alkyl halides is 2. The molecule has 0 aromatic heterocycles. The molecular weight excluding hydrogens is 394 g/mol. The summed E-state index contributed by atoms with van der Waals surface area (Å²) in [5.41, 5.74) is -4.47. The molecule has 0 aliphatic heterocycles. The number of halogens is 2. The Morgan fingerprint density at radius 3 is 2.60 bits per heavy atom. The molecule has 0 saturated heterocycles. The SMILES string of the molecule is CC(=O)OCC(=O)C1=CC[C@H]2[C@@H]3C[C@H](F)C4=CC(=O)C=C[C@]4(C)[C@@]3(F)C(=O)C[C@]12C. The molecule has 4 aliphatic carbocycles. The fourth-order valence-corrected chi connectivity index (χ4v) is 6.19. The molecule has 2 fully saturated rings. The van der Waals surface area contributed by atoms with Gasteiger partial charge in [0.1, 0.15) is 6.17 Å². The van der Waals surface area contributed by atoms with Crippen molar-refractivity contribution >= 4 is 23.3 Å². The van der Waals surface area contributed by atoms with E-state index in [1.807, 2.05) is 0 Å². The molecule has 0 spiro atoms. The van der Waals surface area contributed by atoms with Gasteiger partial charge >= 0.3 is 5.97 Å². The van der Waals surface area contributed by atoms with Gasteiger partial charge in [-0.2, -0.15) is 0 Å². The Bertz CT molecular complexity index is 963. The second kappa shape index (κ2) is 6.53. The number of esters is 1. The summed E-state index contributed by atoms with van der Waals surface area (Å²) in [7, 11) is 0. The maximum absolute atomic E-state index is 16.7. The van der Waals surface area contributed by atoms with E-state index in [4.69, 9.17) is 4.74 Å². The Labute approximate surface area is 173 Å². The van der Waals surface area contributed by atoms with Crippen LogP contribution in [-0.2, 0) is 23.9 Å². The van der Waals surface area contributed by atoms with Crippen molar-refractivity contribution in [2.24, 2.45) is 22.7 Å². The Balaban J connectivity index is 1.73. The Hall–Kier alpha value is -2.44. The van der Waals surface area contributed by atoms with E-state index >= 15 is 8.78 Å². The minimum absolute atomic E-state index is 0.0165. The lowest BCUT2D eigenvalue weighted by Gasteiger charge is -2.59. The molecule has 30 heavy (non-hydrogen) atoms. The minimum atomic E-state index is -2.36. The van der Waals surface area contributed by atoms with Crippen LogP contribution in [0.5, 0.6) is 0 Å². The molecule has 4 rings (SSSR count). The van der Waals surface area contributed by atoms with E-state index < -0.39 is 64.4 Å². The van der Waals surface area contributed by atoms with Gasteiger partial charge in [-0.25, -0.2) is 8.78 Å². The van der Waals surface area contributed by atoms with Gasteiger partial charge in [-0.05, 0) is 43.4 Å². The highest BCUT2D eigenvalue weighted by atomic mass is 19.1. The lowest BCUT2D eigenvalue weighted by atomic mass is 9.45. The number of rotatable bonds is 3. The summed E-state index contributed by atoms with van der Waals surface area (Å²) in [5, 5.41) is 0. The second-order valence-electron chi connectivity index (χ2n) is 9.24. The van der Waals surface area contributed by atoms with Gasteiger partial charge < -0.3 is 4.74 Å². The average molecular weight is 418 g/mol. The molecule has 0 aromatic carbocycles. The van der Waals surface area contributed by atoms with Crippen molar-refractivity contribution in [3.05, 3.63) is 35.5 Å². The van der Waals surface area contributed by atoms with Crippen LogP contribution in [0.25, 0.3) is 0 Å². The predicted molar refractivity (Wildman–Crippen MR) is 103 cm³/mol. The van der Waals surface area contributed by atoms with Crippen molar-refractivity contribution in [1.29, 1.82) is 0 Å². The zero-order valence-electron chi connectivity index (χ0n) is 17.2. The third kappa shape index (κ3) is 2.56. The summed E-state index contributed by atoms with van der Waals surface area (Å²) in [5.74, 6) is -3.49. The van der Waals surface area contributed by atoms with E-state index in [2.05, 4.69) is 0 Å². The van der Waals surface area contributed by atoms with Gasteiger partial charge in [0.2, 0.25) is 0 Å². The molecule has 0 aromatic rings. The van der Waals surface area contributed by atoms with Crippen molar-refractivity contribution in [2.45, 2.75) is 51.9 Å². The van der Waals surface area contributed by atoms with Crippen molar-refractivity contribution in [3.63, 3.8) is 0 Å². The predicted octanol–water partition coefficient (Wildman–Crippen LogP) is 3.18. The summed E-state index contributed by atoms with van der Waals surface area (Å²) in [6, 6.07) is 0. The van der Waals surface area contributed by atoms with Crippen molar-refractivity contribution < 1.29 is 32.7 Å². The van der Waals surface area contributed by atoms with E-state index in [-0.39, 0.29) is 18.4 Å². The second-order valence-corrected chi connectivity index (χ2v) is 9.24. The molecule has 2 saturated carbocycles. The summed E-state index contributed by atoms with van der Waals surface area (Å²) < 4.78 is 36.7. The number of hydrogen-bond donors (Lipinski definition) is 0. The first-order valence-corrected chi connectivity index (χ1v) is 10.1. The smallest absolute Gasteiger partial charge is 0.303 e. The Morgan fingerprint density at radius 1 is 1.23 bits per heavy atom. The van der Waals surface area contributed by atoms with Crippen molar-refractivity contribution in [2.75, 3.05) is 6.61 Å². The number of allylic oxidation sites excluding steroid dienone is 5. The molecule has 4 aliphatic rings. The van der Waals surface area contributed by atoms with Crippen LogP contribution in [0.15, 0.2) is 35.5 Å². The average Bonchev–Trinajstić information content (AvgIpc) is 3.00. The van der Waals surface area contributed by atoms with E-state index in [0.29, 0.717) is 12.0 Å². The van der Waals surface area contributed by atoms with Crippen LogP contribution in [0, 0.1) is 22.7 Å². The normalized spacial score (nSPS) is 42.0. The van der Waals surface area contributed by atoms with Gasteiger partial charge in [0.05, 0.1) is 5.41 Å². The number of carbonyl (C=O) groups excluding carboxylic acids is 4. The number of hydrogen-bond acceptors (Lipinski definition) is 5. The van der Waals surface area contributed by atoms with Crippen LogP contribution in [0.3, 0.4) is 0 Å². The van der Waals surface area contributed by atoms with Gasteiger partial charge in [0.15, 0.2) is 29.6 Å². The highest BCUT2D eigenvalue weighted by molar-refractivity contribution is 6.04. The van der Waals surface area contributed by atoms with Gasteiger partial charge in [0, 0.05) is 30.3 Å². The molecule has 0 unspecified atom stereocenters. The number of Topliss-reactive ketones (excluding diaryl/α,β-unsaturated/α-hetero) is 2. The number of carbonyl (C=O) groups is 4. The molecule has 0 N–H and O–H groups in total. The maximum atomic E-state index is 16.7. The van der Waals surface area contributed by atoms with E-state index in [9.17, 15) is 19.2 Å². The number of fused-ring (bicyclic) bond motifs is 5. The third-order valence-corrected chi connectivity index (χ3v) is 7.68. The van der Waals surface area contributed by atoms with Gasteiger partial charge in [-0.3, -0.25) is 19.2 Å². The fraction of sp³-hybridized carbons (Fsp3) is 0.565. The molecule has 0 radical (unpaired) electrons. The molecule has 160 valence electrons. The standard InChI is InChI=1S/C23H24F2O5/c1-12(26)30-11-19(28)15-5-4-14-16-9-18(24)17-8-13(27)6-7-22(17,3)23(16,25)20(29)10-21(14,15)2/h5-8,14,16,18H,4,9-11H2,1-3H3/t14-,16-,18-,21-,22-,23-/m0/s1. The lowest BCUT2D eigenvalue weighted by molar-refractivity contribution is -0.166. The van der Waals surface area contributed by atoms with E-state index in [1.54, 1.807) is 13.0 Å². The molecule has 5 nitrogen and oxygen atoms in total. The highest BCUT2D eigenvalue weighted by Gasteiger charge is 2.71. The van der Waals surface area contributed by atoms with Gasteiger partial charge in [-0.15, -0.1) is 0 Å². The molecule has 0 amide bonds. The topological polar surface area (TPSA) is 77.5 Å². The van der Waals surface area contributed by atoms with E-state index in [0.717, 1.165) is 6.08 Å². The van der Waals surface area contributed by atoms with Crippen LogP contribution in [0.1, 0.15) is 40.0 Å². The number of ether oxygens (including phenoxy) is 1. The monoisotopic (exact) mass is 418 g/mol. The molecule has 7 heteroatoms. The van der Waals surface area contributed by atoms with Crippen LogP contribution >= 0.6 is 0 Å². The summed E-state index contributed by atoms with van der Waals surface area (Å²) in [4.78, 5) is 48.8. The molecule has 6 atom stereocenters. The maximum Gasteiger partial charge on any atom is 0.303 e. The van der Waals surface area contributed by atoms with Crippen LogP contribution in [0.2, 0.25) is 0 Å². The first-order valence-electron chi connectivity index (χ1n) is 10.1. The third-order valence-electron chi connectivity index (χ3n) is 7.68. The summed E-state index contributed by atoms with van der Waals surface area (Å²) in [6.45, 7) is 3.97. The molecule has 0 heterocycles.